The normalized spacial score (nSPS) is 16.1. The third kappa shape index (κ3) is 6.51. The van der Waals surface area contributed by atoms with Gasteiger partial charge in [0.1, 0.15) is 12.4 Å². The van der Waals surface area contributed by atoms with E-state index in [9.17, 15) is 0 Å². The van der Waals surface area contributed by atoms with Crippen molar-refractivity contribution in [3.05, 3.63) is 53.6 Å². The summed E-state index contributed by atoms with van der Waals surface area (Å²) in [5, 5.41) is 6.68. The molecule has 1 fully saturated rings. The Bertz CT molecular complexity index is 899. The highest BCUT2D eigenvalue weighted by Gasteiger charge is 2.13. The molecule has 8 heteroatoms. The molecule has 0 atom stereocenters. The lowest BCUT2D eigenvalue weighted by Crippen LogP contribution is -2.38. The maximum atomic E-state index is 5.96. The lowest BCUT2D eigenvalue weighted by Gasteiger charge is -2.26. The van der Waals surface area contributed by atoms with Gasteiger partial charge in [0.25, 0.3) is 0 Å². The van der Waals surface area contributed by atoms with E-state index in [0.29, 0.717) is 19.7 Å². The lowest BCUT2D eigenvalue weighted by atomic mass is 10.2. The Morgan fingerprint density at radius 2 is 1.91 bits per heavy atom. The number of fused-ring (bicyclic) bond motifs is 1. The van der Waals surface area contributed by atoms with Crippen LogP contribution in [0.25, 0.3) is 0 Å². The molecule has 0 aliphatic carbocycles. The topological polar surface area (TPSA) is 76.6 Å². The van der Waals surface area contributed by atoms with Gasteiger partial charge in [0.05, 0.1) is 19.8 Å². The first kappa shape index (κ1) is 22.2. The van der Waals surface area contributed by atoms with Crippen molar-refractivity contribution in [1.82, 2.24) is 15.5 Å². The molecule has 0 spiro atoms. The standard InChI is InChI=1S/C24H32N4O4/c1-2-25-24(27-17-20-6-7-22-23(15-20)32-18-31-22)26-16-19-4-3-5-21(14-19)30-13-10-28-8-11-29-12-9-28/h3-7,14-15H,2,8-13,16-18H2,1H3,(H2,25,26,27). The average Bonchev–Trinajstić information content (AvgIpc) is 3.30. The van der Waals surface area contributed by atoms with E-state index in [1.165, 1.54) is 0 Å². The summed E-state index contributed by atoms with van der Waals surface area (Å²) in [5.41, 5.74) is 2.21. The fourth-order valence-electron chi connectivity index (χ4n) is 3.60. The predicted molar refractivity (Wildman–Crippen MR) is 123 cm³/mol. The highest BCUT2D eigenvalue weighted by atomic mass is 16.7. The molecule has 2 aliphatic heterocycles. The number of ether oxygens (including phenoxy) is 4. The van der Waals surface area contributed by atoms with E-state index in [4.69, 9.17) is 23.9 Å². The fourth-order valence-corrected chi connectivity index (χ4v) is 3.60. The van der Waals surface area contributed by atoms with Crippen LogP contribution >= 0.6 is 0 Å². The van der Waals surface area contributed by atoms with Gasteiger partial charge < -0.3 is 29.6 Å². The van der Waals surface area contributed by atoms with Gasteiger partial charge in [-0.1, -0.05) is 18.2 Å². The molecule has 2 aromatic rings. The first-order valence-corrected chi connectivity index (χ1v) is 11.2. The number of nitrogens with zero attached hydrogens (tertiary/aromatic N) is 2. The summed E-state index contributed by atoms with van der Waals surface area (Å²) in [6.07, 6.45) is 0. The van der Waals surface area contributed by atoms with Gasteiger partial charge in [-0.2, -0.15) is 0 Å². The number of guanidine groups is 1. The molecule has 0 saturated carbocycles. The first-order chi connectivity index (χ1) is 15.8. The summed E-state index contributed by atoms with van der Waals surface area (Å²) in [4.78, 5) is 7.09. The molecule has 0 radical (unpaired) electrons. The Kier molecular flexibility index (Phi) is 8.05. The molecular formula is C24H32N4O4. The van der Waals surface area contributed by atoms with Crippen molar-refractivity contribution in [3.63, 3.8) is 0 Å². The van der Waals surface area contributed by atoms with Crippen molar-refractivity contribution in [2.75, 3.05) is 52.8 Å². The Morgan fingerprint density at radius 1 is 1.03 bits per heavy atom. The minimum Gasteiger partial charge on any atom is -0.492 e. The van der Waals surface area contributed by atoms with Gasteiger partial charge in [-0.25, -0.2) is 4.99 Å². The monoisotopic (exact) mass is 440 g/mol. The molecule has 2 aromatic carbocycles. The number of morpholine rings is 1. The van der Waals surface area contributed by atoms with Crippen LogP contribution in [-0.4, -0.2) is 63.7 Å². The smallest absolute Gasteiger partial charge is 0.231 e. The highest BCUT2D eigenvalue weighted by Crippen LogP contribution is 2.32. The van der Waals surface area contributed by atoms with Crippen LogP contribution in [0.5, 0.6) is 17.2 Å². The highest BCUT2D eigenvalue weighted by molar-refractivity contribution is 5.79. The summed E-state index contributed by atoms with van der Waals surface area (Å²) in [6, 6.07) is 14.1. The first-order valence-electron chi connectivity index (χ1n) is 11.2. The van der Waals surface area contributed by atoms with Crippen molar-refractivity contribution in [1.29, 1.82) is 0 Å². The van der Waals surface area contributed by atoms with Crippen LogP contribution in [0, 0.1) is 0 Å². The number of hydrogen-bond acceptors (Lipinski definition) is 6. The molecule has 0 bridgehead atoms. The molecule has 0 aromatic heterocycles. The number of hydrogen-bond donors (Lipinski definition) is 2. The second-order valence-corrected chi connectivity index (χ2v) is 7.69. The summed E-state index contributed by atoms with van der Waals surface area (Å²) >= 11 is 0. The van der Waals surface area contributed by atoms with Crippen molar-refractivity contribution in [3.8, 4) is 17.2 Å². The number of benzene rings is 2. The minimum atomic E-state index is 0.284. The minimum absolute atomic E-state index is 0.284. The molecular weight excluding hydrogens is 408 g/mol. The van der Waals surface area contributed by atoms with Crippen molar-refractivity contribution < 1.29 is 18.9 Å². The van der Waals surface area contributed by atoms with Crippen molar-refractivity contribution >= 4 is 5.96 Å². The van der Waals surface area contributed by atoms with Crippen LogP contribution in [0.3, 0.4) is 0 Å². The average molecular weight is 441 g/mol. The van der Waals surface area contributed by atoms with Crippen molar-refractivity contribution in [2.24, 2.45) is 4.99 Å². The van der Waals surface area contributed by atoms with E-state index in [-0.39, 0.29) is 6.79 Å². The zero-order valence-electron chi connectivity index (χ0n) is 18.6. The Balaban J connectivity index is 1.28. The van der Waals surface area contributed by atoms with Crippen LogP contribution in [0.1, 0.15) is 18.1 Å². The molecule has 1 saturated heterocycles. The van der Waals surface area contributed by atoms with E-state index in [0.717, 1.165) is 73.7 Å². The number of rotatable bonds is 9. The Morgan fingerprint density at radius 3 is 2.78 bits per heavy atom. The lowest BCUT2D eigenvalue weighted by molar-refractivity contribution is 0.0322. The molecule has 32 heavy (non-hydrogen) atoms. The summed E-state index contributed by atoms with van der Waals surface area (Å²) in [6.45, 7) is 9.51. The Hall–Kier alpha value is -2.97. The van der Waals surface area contributed by atoms with Gasteiger partial charge in [-0.3, -0.25) is 4.90 Å². The molecule has 0 unspecified atom stereocenters. The van der Waals surface area contributed by atoms with E-state index in [2.05, 4.69) is 34.6 Å². The Labute approximate surface area is 189 Å². The zero-order chi connectivity index (χ0) is 22.0. The summed E-state index contributed by atoms with van der Waals surface area (Å²) in [5.74, 6) is 3.23. The summed E-state index contributed by atoms with van der Waals surface area (Å²) in [7, 11) is 0. The zero-order valence-corrected chi connectivity index (χ0v) is 18.6. The molecule has 172 valence electrons. The van der Waals surface area contributed by atoms with E-state index < -0.39 is 0 Å². The number of aliphatic imine (C=N–C) groups is 1. The van der Waals surface area contributed by atoms with Crippen LogP contribution in [0.2, 0.25) is 0 Å². The molecule has 4 rings (SSSR count). The van der Waals surface area contributed by atoms with Crippen LogP contribution in [-0.2, 0) is 17.8 Å². The predicted octanol–water partition coefficient (Wildman–Crippen LogP) is 2.38. The van der Waals surface area contributed by atoms with Gasteiger partial charge in [-0.15, -0.1) is 0 Å². The second-order valence-electron chi connectivity index (χ2n) is 7.69. The quantitative estimate of drug-likeness (QED) is 0.458. The largest absolute Gasteiger partial charge is 0.492 e. The van der Waals surface area contributed by atoms with Crippen LogP contribution in [0.4, 0.5) is 0 Å². The van der Waals surface area contributed by atoms with E-state index >= 15 is 0 Å². The van der Waals surface area contributed by atoms with Gasteiger partial charge in [0, 0.05) is 32.7 Å². The molecule has 2 heterocycles. The van der Waals surface area contributed by atoms with Gasteiger partial charge in [0.15, 0.2) is 17.5 Å². The van der Waals surface area contributed by atoms with Crippen LogP contribution < -0.4 is 24.8 Å². The van der Waals surface area contributed by atoms with Gasteiger partial charge >= 0.3 is 0 Å². The molecule has 2 N–H and O–H groups in total. The third-order valence-electron chi connectivity index (χ3n) is 5.34. The molecule has 8 nitrogen and oxygen atoms in total. The van der Waals surface area contributed by atoms with Gasteiger partial charge in [-0.05, 0) is 42.3 Å². The van der Waals surface area contributed by atoms with E-state index in [1.807, 2.05) is 30.3 Å². The maximum absolute atomic E-state index is 5.96. The second kappa shape index (κ2) is 11.6. The van der Waals surface area contributed by atoms with Crippen LogP contribution in [0.15, 0.2) is 47.5 Å². The SMILES string of the molecule is CCNC(=NCc1cccc(OCCN2CCOCC2)c1)NCc1ccc2c(c1)OCO2. The molecule has 2 aliphatic rings. The number of nitrogens with one attached hydrogen (secondary N) is 2. The summed E-state index contributed by atoms with van der Waals surface area (Å²) < 4.78 is 22.2. The van der Waals surface area contributed by atoms with Gasteiger partial charge in [0.2, 0.25) is 6.79 Å². The third-order valence-corrected chi connectivity index (χ3v) is 5.34. The molecule has 0 amide bonds. The van der Waals surface area contributed by atoms with E-state index in [1.54, 1.807) is 0 Å². The fraction of sp³-hybridized carbons (Fsp3) is 0.458. The van der Waals surface area contributed by atoms with Crippen molar-refractivity contribution in [2.45, 2.75) is 20.0 Å². The maximum Gasteiger partial charge on any atom is 0.231 e.